The summed E-state index contributed by atoms with van der Waals surface area (Å²) in [5.74, 6) is 0.372. The van der Waals surface area contributed by atoms with E-state index in [1.54, 1.807) is 0 Å². The molecule has 0 saturated carbocycles. The summed E-state index contributed by atoms with van der Waals surface area (Å²) in [6, 6.07) is 0. The quantitative estimate of drug-likeness (QED) is 0.153. The van der Waals surface area contributed by atoms with Gasteiger partial charge in [0, 0.05) is 6.42 Å². The van der Waals surface area contributed by atoms with Crippen LogP contribution < -0.4 is 0 Å². The van der Waals surface area contributed by atoms with Crippen LogP contribution in [-0.4, -0.2) is 12.1 Å². The molecule has 0 N–H and O–H groups in total. The summed E-state index contributed by atoms with van der Waals surface area (Å²) in [5.41, 5.74) is 0. The molecule has 0 amide bonds. The first-order valence-corrected chi connectivity index (χ1v) is 10.9. The average Bonchev–Trinajstić information content (AvgIpc) is 2.58. The van der Waals surface area contributed by atoms with Crippen molar-refractivity contribution in [3.63, 3.8) is 0 Å². The number of hydrogen-bond donors (Lipinski definition) is 0. The zero-order valence-corrected chi connectivity index (χ0v) is 17.5. The van der Waals surface area contributed by atoms with Gasteiger partial charge in [-0.1, -0.05) is 84.3 Å². The summed E-state index contributed by atoms with van der Waals surface area (Å²) in [6.07, 6.45) is 22.0. The zero-order valence-electron chi connectivity index (χ0n) is 17.5. The molecule has 0 aromatic heterocycles. The molecule has 0 aliphatic heterocycles. The van der Waals surface area contributed by atoms with Crippen LogP contribution in [0.4, 0.5) is 0 Å². The van der Waals surface area contributed by atoms with Crippen LogP contribution in [0.3, 0.4) is 0 Å². The number of unbranched alkanes of at least 4 members (excludes halogenated alkanes) is 11. The minimum absolute atomic E-state index is 0.0289. The Kier molecular flexibility index (Phi) is 17.4. The van der Waals surface area contributed by atoms with E-state index in [0.29, 0.717) is 12.3 Å². The van der Waals surface area contributed by atoms with Crippen LogP contribution >= 0.6 is 0 Å². The molecule has 0 fully saturated rings. The molecule has 0 bridgehead atoms. The van der Waals surface area contributed by atoms with Crippen LogP contribution in [0.1, 0.15) is 118 Å². The average molecular weight is 353 g/mol. The first-order valence-electron chi connectivity index (χ1n) is 10.9. The third-order valence-electron chi connectivity index (χ3n) is 4.90. The Balaban J connectivity index is 3.28. The van der Waals surface area contributed by atoms with Gasteiger partial charge >= 0.3 is 5.97 Å². The predicted octanol–water partition coefficient (Wildman–Crippen LogP) is 7.61. The number of carbonyl (C=O) groups excluding carboxylic acids is 1. The summed E-state index contributed by atoms with van der Waals surface area (Å²) in [7, 11) is 0. The van der Waals surface area contributed by atoms with Gasteiger partial charge in [0.1, 0.15) is 6.10 Å². The highest BCUT2D eigenvalue weighted by Crippen LogP contribution is 2.11. The summed E-state index contributed by atoms with van der Waals surface area (Å²) < 4.78 is 5.38. The number of allylic oxidation sites excluding steroid dienone is 2. The fraction of sp³-hybridized carbons (Fsp3) is 0.870. The van der Waals surface area contributed by atoms with Gasteiger partial charge in [-0.05, 0) is 44.9 Å². The maximum atomic E-state index is 11.7. The van der Waals surface area contributed by atoms with Crippen LogP contribution in [0.2, 0.25) is 0 Å². The number of rotatable bonds is 17. The molecule has 0 rings (SSSR count). The lowest BCUT2D eigenvalue weighted by Crippen LogP contribution is -2.19. The Bertz CT molecular complexity index is 320. The topological polar surface area (TPSA) is 26.3 Å². The molecule has 0 radical (unpaired) electrons. The third-order valence-corrected chi connectivity index (χ3v) is 4.90. The molecule has 0 aliphatic carbocycles. The van der Waals surface area contributed by atoms with Crippen molar-refractivity contribution in [3.8, 4) is 0 Å². The van der Waals surface area contributed by atoms with Gasteiger partial charge in [0.05, 0.1) is 0 Å². The monoisotopic (exact) mass is 352 g/mol. The molecule has 0 aliphatic rings. The van der Waals surface area contributed by atoms with E-state index in [4.69, 9.17) is 4.74 Å². The largest absolute Gasteiger partial charge is 0.462 e. The first kappa shape index (κ1) is 24.2. The lowest BCUT2D eigenvalue weighted by Gasteiger charge is -2.16. The standard InChI is InChI=1S/C23H44O2/c1-5-6-7-8-9-10-11-12-13-14-15-16-17-18-19-20-23(24)25-22(4)21(2)3/h12-13,21-22H,5-11,14-20H2,1-4H3/b13-12-. The Morgan fingerprint density at radius 3 is 1.76 bits per heavy atom. The van der Waals surface area contributed by atoms with Crippen molar-refractivity contribution in [2.75, 3.05) is 0 Å². The highest BCUT2D eigenvalue weighted by molar-refractivity contribution is 5.69. The molecular weight excluding hydrogens is 308 g/mol. The van der Waals surface area contributed by atoms with Gasteiger partial charge in [0.25, 0.3) is 0 Å². The minimum atomic E-state index is -0.0289. The summed E-state index contributed by atoms with van der Waals surface area (Å²) in [5, 5.41) is 0. The molecule has 0 aromatic rings. The van der Waals surface area contributed by atoms with Crippen molar-refractivity contribution < 1.29 is 9.53 Å². The molecule has 2 nitrogen and oxygen atoms in total. The predicted molar refractivity (Wildman–Crippen MR) is 110 cm³/mol. The number of hydrogen-bond acceptors (Lipinski definition) is 2. The Labute approximate surface area is 157 Å². The Morgan fingerprint density at radius 1 is 0.760 bits per heavy atom. The molecule has 2 heteroatoms. The lowest BCUT2D eigenvalue weighted by atomic mass is 10.1. The molecule has 1 atom stereocenters. The normalized spacial score (nSPS) is 12.8. The van der Waals surface area contributed by atoms with E-state index in [0.717, 1.165) is 12.8 Å². The van der Waals surface area contributed by atoms with Crippen LogP contribution in [0.25, 0.3) is 0 Å². The minimum Gasteiger partial charge on any atom is -0.462 e. The molecule has 0 heterocycles. The fourth-order valence-corrected chi connectivity index (χ4v) is 2.74. The maximum Gasteiger partial charge on any atom is 0.306 e. The fourth-order valence-electron chi connectivity index (χ4n) is 2.74. The van der Waals surface area contributed by atoms with Gasteiger partial charge in [-0.3, -0.25) is 4.79 Å². The van der Waals surface area contributed by atoms with E-state index in [-0.39, 0.29) is 12.1 Å². The number of ether oxygens (including phenoxy) is 1. The molecule has 148 valence electrons. The van der Waals surface area contributed by atoms with E-state index in [2.05, 4.69) is 32.9 Å². The zero-order chi connectivity index (χ0) is 18.8. The second-order valence-corrected chi connectivity index (χ2v) is 7.77. The Morgan fingerprint density at radius 2 is 1.24 bits per heavy atom. The van der Waals surface area contributed by atoms with Gasteiger partial charge in [0.15, 0.2) is 0 Å². The molecular formula is C23H44O2. The van der Waals surface area contributed by atoms with E-state index in [1.807, 2.05) is 6.92 Å². The van der Waals surface area contributed by atoms with Crippen LogP contribution in [0, 0.1) is 5.92 Å². The molecule has 1 unspecified atom stereocenters. The summed E-state index contributed by atoms with van der Waals surface area (Å²) >= 11 is 0. The van der Waals surface area contributed by atoms with Gasteiger partial charge in [-0.15, -0.1) is 0 Å². The van der Waals surface area contributed by atoms with Gasteiger partial charge in [0.2, 0.25) is 0 Å². The van der Waals surface area contributed by atoms with E-state index in [1.165, 1.54) is 70.6 Å². The highest BCUT2D eigenvalue weighted by atomic mass is 16.5. The van der Waals surface area contributed by atoms with E-state index in [9.17, 15) is 4.79 Å². The van der Waals surface area contributed by atoms with E-state index >= 15 is 0 Å². The maximum absolute atomic E-state index is 11.7. The molecule has 25 heavy (non-hydrogen) atoms. The van der Waals surface area contributed by atoms with E-state index < -0.39 is 0 Å². The van der Waals surface area contributed by atoms with Gasteiger partial charge in [-0.25, -0.2) is 0 Å². The second-order valence-electron chi connectivity index (χ2n) is 7.77. The van der Waals surface area contributed by atoms with Crippen molar-refractivity contribution in [2.24, 2.45) is 5.92 Å². The van der Waals surface area contributed by atoms with Crippen molar-refractivity contribution in [3.05, 3.63) is 12.2 Å². The third kappa shape index (κ3) is 17.8. The summed E-state index contributed by atoms with van der Waals surface area (Å²) in [6.45, 7) is 8.41. The molecule has 0 spiro atoms. The smallest absolute Gasteiger partial charge is 0.306 e. The van der Waals surface area contributed by atoms with Crippen molar-refractivity contribution in [1.29, 1.82) is 0 Å². The van der Waals surface area contributed by atoms with Crippen molar-refractivity contribution in [2.45, 2.75) is 124 Å². The van der Waals surface area contributed by atoms with Crippen LogP contribution in [-0.2, 0) is 9.53 Å². The van der Waals surface area contributed by atoms with Crippen LogP contribution in [0.5, 0.6) is 0 Å². The van der Waals surface area contributed by atoms with Crippen molar-refractivity contribution in [1.82, 2.24) is 0 Å². The number of esters is 1. The van der Waals surface area contributed by atoms with Crippen LogP contribution in [0.15, 0.2) is 12.2 Å². The SMILES string of the molecule is CCCCCCCC/C=C\CCCCCCCC(=O)OC(C)C(C)C. The first-order chi connectivity index (χ1) is 12.1. The van der Waals surface area contributed by atoms with Crippen molar-refractivity contribution >= 4 is 5.97 Å². The lowest BCUT2D eigenvalue weighted by molar-refractivity contribution is -0.150. The molecule has 0 saturated heterocycles. The van der Waals surface area contributed by atoms with Gasteiger partial charge in [-0.2, -0.15) is 0 Å². The Hall–Kier alpha value is -0.790. The number of carbonyl (C=O) groups is 1. The van der Waals surface area contributed by atoms with Gasteiger partial charge < -0.3 is 4.74 Å². The second kappa shape index (κ2) is 18.0. The molecule has 0 aromatic carbocycles. The summed E-state index contributed by atoms with van der Waals surface area (Å²) in [4.78, 5) is 11.7. The highest BCUT2D eigenvalue weighted by Gasteiger charge is 2.12.